The number of thioether (sulfide) groups is 1. The maximum Gasteiger partial charge on any atom is 0.0701 e. The van der Waals surface area contributed by atoms with Crippen LogP contribution in [0.3, 0.4) is 0 Å². The van der Waals surface area contributed by atoms with Crippen LogP contribution >= 0.6 is 11.8 Å². The first-order valence-electron chi connectivity index (χ1n) is 8.07. The lowest BCUT2D eigenvalue weighted by atomic mass is 9.78. The number of aliphatic hydroxyl groups is 1. The van der Waals surface area contributed by atoms with Gasteiger partial charge in [-0.1, -0.05) is 6.07 Å². The third-order valence-corrected chi connectivity index (χ3v) is 5.89. The van der Waals surface area contributed by atoms with E-state index in [0.29, 0.717) is 5.92 Å². The minimum Gasteiger partial charge on any atom is -0.393 e. The van der Waals surface area contributed by atoms with Gasteiger partial charge in [0.05, 0.1) is 11.7 Å². The van der Waals surface area contributed by atoms with E-state index in [2.05, 4.69) is 4.98 Å². The van der Waals surface area contributed by atoms with E-state index in [9.17, 15) is 5.11 Å². The number of hydrogen-bond acceptors (Lipinski definition) is 4. The predicted molar refractivity (Wildman–Crippen MR) is 86.5 cm³/mol. The van der Waals surface area contributed by atoms with Crippen molar-refractivity contribution in [2.45, 2.75) is 50.2 Å². The van der Waals surface area contributed by atoms with Crippen LogP contribution in [0.1, 0.15) is 37.8 Å². The molecule has 0 aromatic carbocycles. The van der Waals surface area contributed by atoms with Gasteiger partial charge in [-0.25, -0.2) is 0 Å². The maximum absolute atomic E-state index is 10.6. The number of nitrogens with zero attached hydrogens (tertiary/aromatic N) is 1. The van der Waals surface area contributed by atoms with Crippen molar-refractivity contribution in [3.63, 3.8) is 0 Å². The fourth-order valence-electron chi connectivity index (χ4n) is 3.56. The molecule has 2 fully saturated rings. The summed E-state index contributed by atoms with van der Waals surface area (Å²) in [6.45, 7) is 0.815. The van der Waals surface area contributed by atoms with E-state index in [0.717, 1.165) is 50.8 Å². The summed E-state index contributed by atoms with van der Waals surface area (Å²) >= 11 is 2.03. The lowest BCUT2D eigenvalue weighted by molar-refractivity contribution is -0.121. The third kappa shape index (κ3) is 3.99. The van der Waals surface area contributed by atoms with Crippen LogP contribution in [0.15, 0.2) is 24.4 Å². The van der Waals surface area contributed by atoms with Crippen LogP contribution in [0.25, 0.3) is 0 Å². The summed E-state index contributed by atoms with van der Waals surface area (Å²) in [5.74, 6) is 2.80. The molecule has 2 saturated heterocycles. The van der Waals surface area contributed by atoms with E-state index in [-0.39, 0.29) is 11.7 Å². The van der Waals surface area contributed by atoms with Gasteiger partial charge in [-0.3, -0.25) is 4.98 Å². The number of aliphatic hydroxyl groups excluding tert-OH is 1. The van der Waals surface area contributed by atoms with Crippen molar-refractivity contribution >= 4 is 11.8 Å². The first-order valence-corrected chi connectivity index (χ1v) is 9.23. The highest BCUT2D eigenvalue weighted by molar-refractivity contribution is 7.99. The Kier molecular flexibility index (Phi) is 5.19. The molecular weight excluding hydrogens is 282 g/mol. The molecule has 2 aliphatic rings. The van der Waals surface area contributed by atoms with E-state index in [4.69, 9.17) is 4.74 Å². The summed E-state index contributed by atoms with van der Waals surface area (Å²) in [6.07, 6.45) is 7.62. The van der Waals surface area contributed by atoms with Crippen molar-refractivity contribution in [2.24, 2.45) is 5.92 Å². The molecule has 3 rings (SSSR count). The van der Waals surface area contributed by atoms with E-state index < -0.39 is 0 Å². The van der Waals surface area contributed by atoms with Gasteiger partial charge in [0, 0.05) is 18.5 Å². The minimum atomic E-state index is -0.220. The second-order valence-electron chi connectivity index (χ2n) is 6.32. The average Bonchev–Trinajstić information content (AvgIpc) is 2.54. The quantitative estimate of drug-likeness (QED) is 0.928. The molecule has 0 amide bonds. The Morgan fingerprint density at radius 2 is 2.24 bits per heavy atom. The van der Waals surface area contributed by atoms with Crippen LogP contribution in [-0.4, -0.2) is 39.9 Å². The van der Waals surface area contributed by atoms with Crippen LogP contribution in [0.4, 0.5) is 0 Å². The molecule has 4 heteroatoms. The zero-order valence-electron chi connectivity index (χ0n) is 12.5. The Morgan fingerprint density at radius 1 is 1.38 bits per heavy atom. The lowest BCUT2D eigenvalue weighted by Crippen LogP contribution is -2.45. The maximum atomic E-state index is 10.6. The molecule has 3 nitrogen and oxygen atoms in total. The molecule has 21 heavy (non-hydrogen) atoms. The molecule has 0 aliphatic carbocycles. The number of rotatable bonds is 4. The molecule has 1 aromatic rings. The average molecular weight is 307 g/mol. The van der Waals surface area contributed by atoms with E-state index >= 15 is 0 Å². The second-order valence-corrected chi connectivity index (χ2v) is 7.55. The molecule has 1 spiro atoms. The van der Waals surface area contributed by atoms with Gasteiger partial charge in [0.15, 0.2) is 0 Å². The van der Waals surface area contributed by atoms with Crippen LogP contribution in [0.2, 0.25) is 0 Å². The highest BCUT2D eigenvalue weighted by Crippen LogP contribution is 2.41. The van der Waals surface area contributed by atoms with Gasteiger partial charge in [0.25, 0.3) is 0 Å². The first-order chi connectivity index (χ1) is 10.3. The summed E-state index contributed by atoms with van der Waals surface area (Å²) in [5, 5.41) is 10.6. The SMILES string of the molecule is OC(CCc1ccccn1)C1CCOC2(CCSCC2)C1. The van der Waals surface area contributed by atoms with Gasteiger partial charge >= 0.3 is 0 Å². The zero-order chi connectivity index (χ0) is 14.5. The molecule has 2 atom stereocenters. The van der Waals surface area contributed by atoms with Crippen molar-refractivity contribution in [3.8, 4) is 0 Å². The Bertz CT molecular complexity index is 428. The Hall–Kier alpha value is -0.580. The fourth-order valence-corrected chi connectivity index (χ4v) is 4.80. The summed E-state index contributed by atoms with van der Waals surface area (Å²) < 4.78 is 6.11. The summed E-state index contributed by atoms with van der Waals surface area (Å²) in [6, 6.07) is 5.98. The van der Waals surface area contributed by atoms with Gasteiger partial charge in [0.2, 0.25) is 0 Å². The largest absolute Gasteiger partial charge is 0.393 e. The van der Waals surface area contributed by atoms with Crippen molar-refractivity contribution in [1.29, 1.82) is 0 Å². The third-order valence-electron chi connectivity index (χ3n) is 4.90. The molecular formula is C17H25NO2S. The standard InChI is InChI=1S/C17H25NO2S/c19-16(5-4-15-3-1-2-9-18-15)14-6-10-20-17(13-14)7-11-21-12-8-17/h1-3,9,14,16,19H,4-8,10-13H2. The second kappa shape index (κ2) is 7.12. The van der Waals surface area contributed by atoms with E-state index in [1.54, 1.807) is 0 Å². The predicted octanol–water partition coefficient (Wildman–Crippen LogP) is 3.07. The van der Waals surface area contributed by atoms with Crippen molar-refractivity contribution in [2.75, 3.05) is 18.1 Å². The lowest BCUT2D eigenvalue weighted by Gasteiger charge is -2.44. The number of aromatic nitrogens is 1. The molecule has 1 N–H and O–H groups in total. The van der Waals surface area contributed by atoms with Crippen molar-refractivity contribution in [1.82, 2.24) is 4.98 Å². The Labute approximate surface area is 131 Å². The van der Waals surface area contributed by atoms with Gasteiger partial charge in [-0.15, -0.1) is 0 Å². The first kappa shape index (κ1) is 15.3. The molecule has 1 aromatic heterocycles. The van der Waals surface area contributed by atoms with Crippen LogP contribution in [0, 0.1) is 5.92 Å². The molecule has 2 aliphatic heterocycles. The molecule has 3 heterocycles. The Balaban J connectivity index is 1.53. The fraction of sp³-hybridized carbons (Fsp3) is 0.706. The minimum absolute atomic E-state index is 0.0696. The highest BCUT2D eigenvalue weighted by Gasteiger charge is 2.40. The van der Waals surface area contributed by atoms with Crippen molar-refractivity contribution in [3.05, 3.63) is 30.1 Å². The Morgan fingerprint density at radius 3 is 3.00 bits per heavy atom. The molecule has 2 unspecified atom stereocenters. The number of aryl methyl sites for hydroxylation is 1. The summed E-state index contributed by atoms with van der Waals surface area (Å²) in [4.78, 5) is 4.34. The normalized spacial score (nSPS) is 26.6. The van der Waals surface area contributed by atoms with E-state index in [1.165, 1.54) is 11.5 Å². The summed E-state index contributed by atoms with van der Waals surface area (Å²) in [5.41, 5.74) is 1.15. The highest BCUT2D eigenvalue weighted by atomic mass is 32.2. The molecule has 0 saturated carbocycles. The number of ether oxygens (including phenoxy) is 1. The smallest absolute Gasteiger partial charge is 0.0701 e. The van der Waals surface area contributed by atoms with Crippen LogP contribution < -0.4 is 0 Å². The van der Waals surface area contributed by atoms with Crippen molar-refractivity contribution < 1.29 is 9.84 Å². The molecule has 116 valence electrons. The molecule has 0 radical (unpaired) electrons. The molecule has 0 bridgehead atoms. The number of hydrogen-bond donors (Lipinski definition) is 1. The van der Waals surface area contributed by atoms with E-state index in [1.807, 2.05) is 36.2 Å². The van der Waals surface area contributed by atoms with Crippen LogP contribution in [-0.2, 0) is 11.2 Å². The topological polar surface area (TPSA) is 42.4 Å². The van der Waals surface area contributed by atoms with Gasteiger partial charge < -0.3 is 9.84 Å². The van der Waals surface area contributed by atoms with Crippen LogP contribution in [0.5, 0.6) is 0 Å². The van der Waals surface area contributed by atoms with Gasteiger partial charge in [0.1, 0.15) is 0 Å². The zero-order valence-corrected chi connectivity index (χ0v) is 13.4. The van der Waals surface area contributed by atoms with Gasteiger partial charge in [-0.2, -0.15) is 11.8 Å². The summed E-state index contributed by atoms with van der Waals surface area (Å²) in [7, 11) is 0. The number of pyridine rings is 1. The monoisotopic (exact) mass is 307 g/mol. The van der Waals surface area contributed by atoms with Gasteiger partial charge in [-0.05, 0) is 68.1 Å².